The van der Waals surface area contributed by atoms with Gasteiger partial charge in [-0.2, -0.15) is 0 Å². The Morgan fingerprint density at radius 1 is 0.943 bits per heavy atom. The molecule has 1 aliphatic rings. The molecule has 1 aliphatic heterocycles. The molecule has 3 aromatic carbocycles. The zero-order valence-corrected chi connectivity index (χ0v) is 19.7. The van der Waals surface area contributed by atoms with Crippen LogP contribution in [-0.2, 0) is 19.5 Å². The lowest BCUT2D eigenvalue weighted by atomic mass is 9.97. The quantitative estimate of drug-likeness (QED) is 0.347. The molecule has 0 bridgehead atoms. The summed E-state index contributed by atoms with van der Waals surface area (Å²) in [6.45, 7) is 4.22. The highest BCUT2D eigenvalue weighted by molar-refractivity contribution is 5.77. The fraction of sp³-hybridized carbons (Fsp3) is 0.200. The third-order valence-corrected chi connectivity index (χ3v) is 6.93. The zero-order chi connectivity index (χ0) is 23.8. The summed E-state index contributed by atoms with van der Waals surface area (Å²) >= 11 is 0. The highest BCUT2D eigenvalue weighted by Gasteiger charge is 2.27. The molecule has 0 saturated carbocycles. The van der Waals surface area contributed by atoms with Crippen molar-refractivity contribution in [3.63, 3.8) is 0 Å². The van der Waals surface area contributed by atoms with Crippen LogP contribution in [-0.4, -0.2) is 21.0 Å². The molecule has 0 unspecified atom stereocenters. The average molecular weight is 462 g/mol. The summed E-state index contributed by atoms with van der Waals surface area (Å²) in [5, 5.41) is 1.10. The van der Waals surface area contributed by atoms with Gasteiger partial charge < -0.3 is 4.42 Å². The second-order valence-corrected chi connectivity index (χ2v) is 9.24. The predicted molar refractivity (Wildman–Crippen MR) is 137 cm³/mol. The maximum atomic E-state index is 14.0. The number of aromatic nitrogens is 2. The lowest BCUT2D eigenvalue weighted by molar-refractivity contribution is 0.240. The van der Waals surface area contributed by atoms with E-state index < -0.39 is 0 Å². The molecular formula is C30H27N3O2. The molecule has 0 fully saturated rings. The topological polar surface area (TPSA) is 51.3 Å². The van der Waals surface area contributed by atoms with E-state index in [1.165, 1.54) is 5.56 Å². The Morgan fingerprint density at radius 2 is 1.66 bits per heavy atom. The van der Waals surface area contributed by atoms with Crippen LogP contribution >= 0.6 is 0 Å². The Bertz CT molecular complexity index is 1500. The summed E-state index contributed by atoms with van der Waals surface area (Å²) in [6.07, 6.45) is 2.50. The maximum Gasteiger partial charge on any atom is 0.259 e. The SMILES string of the molecule is Cc1nc2c(c(=O)n1C(c1ccccc1)c1ccccc1)CN(Cc1ccc3occc3c1)CC2. The highest BCUT2D eigenvalue weighted by atomic mass is 16.3. The first-order valence-electron chi connectivity index (χ1n) is 12.1. The molecule has 6 rings (SSSR count). The van der Waals surface area contributed by atoms with Gasteiger partial charge in [0, 0.05) is 31.4 Å². The van der Waals surface area contributed by atoms with E-state index in [4.69, 9.17) is 9.40 Å². The molecule has 5 heteroatoms. The smallest absolute Gasteiger partial charge is 0.259 e. The van der Waals surface area contributed by atoms with Crippen molar-refractivity contribution in [1.82, 2.24) is 14.5 Å². The Morgan fingerprint density at radius 3 is 2.37 bits per heavy atom. The number of nitrogens with zero attached hydrogens (tertiary/aromatic N) is 3. The highest BCUT2D eigenvalue weighted by Crippen LogP contribution is 2.28. The Labute approximate surface area is 204 Å². The average Bonchev–Trinajstić information content (AvgIpc) is 3.36. The fourth-order valence-electron chi connectivity index (χ4n) is 5.24. The van der Waals surface area contributed by atoms with E-state index in [0.717, 1.165) is 58.7 Å². The molecule has 3 heterocycles. The third-order valence-electron chi connectivity index (χ3n) is 6.93. The van der Waals surface area contributed by atoms with E-state index in [0.29, 0.717) is 6.54 Å². The maximum absolute atomic E-state index is 14.0. The second-order valence-electron chi connectivity index (χ2n) is 9.24. The van der Waals surface area contributed by atoms with Crippen molar-refractivity contribution in [1.29, 1.82) is 0 Å². The van der Waals surface area contributed by atoms with Crippen LogP contribution in [0.2, 0.25) is 0 Å². The first kappa shape index (κ1) is 21.6. The summed E-state index contributed by atoms with van der Waals surface area (Å²) in [6, 6.07) is 28.5. The van der Waals surface area contributed by atoms with E-state index in [1.807, 2.05) is 60.0 Å². The van der Waals surface area contributed by atoms with Crippen LogP contribution in [0.25, 0.3) is 11.0 Å². The molecule has 0 N–H and O–H groups in total. The van der Waals surface area contributed by atoms with Crippen LogP contribution in [0.4, 0.5) is 0 Å². The first-order valence-corrected chi connectivity index (χ1v) is 12.1. The standard InChI is InChI=1S/C30H27N3O2/c1-21-31-27-14-16-32(19-22-12-13-28-25(18-22)15-17-35-28)20-26(27)30(34)33(21)29(23-8-4-2-5-9-23)24-10-6-3-7-11-24/h2-13,15,17-18,29H,14,16,19-20H2,1H3. The summed E-state index contributed by atoms with van der Waals surface area (Å²) < 4.78 is 7.36. The monoisotopic (exact) mass is 461 g/mol. The molecular weight excluding hydrogens is 434 g/mol. The van der Waals surface area contributed by atoms with Crippen molar-refractivity contribution in [2.45, 2.75) is 32.5 Å². The summed E-state index contributed by atoms with van der Waals surface area (Å²) in [5.74, 6) is 0.755. The van der Waals surface area contributed by atoms with Gasteiger partial charge >= 0.3 is 0 Å². The van der Waals surface area contributed by atoms with Crippen molar-refractivity contribution >= 4 is 11.0 Å². The molecule has 0 radical (unpaired) electrons. The number of hydrogen-bond donors (Lipinski definition) is 0. The van der Waals surface area contributed by atoms with Gasteiger partial charge in [-0.25, -0.2) is 4.98 Å². The minimum atomic E-state index is -0.221. The van der Waals surface area contributed by atoms with Gasteiger partial charge in [0.2, 0.25) is 0 Å². The molecule has 35 heavy (non-hydrogen) atoms. The lowest BCUT2D eigenvalue weighted by Gasteiger charge is -2.30. The molecule has 5 aromatic rings. The Hall–Kier alpha value is -3.96. The van der Waals surface area contributed by atoms with Gasteiger partial charge in [0.15, 0.2) is 0 Å². The summed E-state index contributed by atoms with van der Waals surface area (Å²) in [4.78, 5) is 21.3. The molecule has 0 amide bonds. The van der Waals surface area contributed by atoms with Crippen molar-refractivity contribution in [3.05, 3.63) is 135 Å². The number of rotatable bonds is 5. The lowest BCUT2D eigenvalue weighted by Crippen LogP contribution is -2.40. The summed E-state index contributed by atoms with van der Waals surface area (Å²) in [5.41, 5.74) is 6.06. The van der Waals surface area contributed by atoms with Gasteiger partial charge in [-0.1, -0.05) is 66.7 Å². The summed E-state index contributed by atoms with van der Waals surface area (Å²) in [7, 11) is 0. The third kappa shape index (κ3) is 4.08. The largest absolute Gasteiger partial charge is 0.464 e. The van der Waals surface area contributed by atoms with E-state index in [1.54, 1.807) is 6.26 Å². The Balaban J connectivity index is 1.38. The molecule has 5 nitrogen and oxygen atoms in total. The van der Waals surface area contributed by atoms with Crippen LogP contribution in [0.1, 0.15) is 39.8 Å². The van der Waals surface area contributed by atoms with Crippen molar-refractivity contribution in [2.75, 3.05) is 6.54 Å². The van der Waals surface area contributed by atoms with E-state index in [2.05, 4.69) is 41.3 Å². The Kier molecular flexibility index (Phi) is 5.55. The van der Waals surface area contributed by atoms with Gasteiger partial charge in [0.25, 0.3) is 5.56 Å². The molecule has 0 spiro atoms. The second kappa shape index (κ2) is 9.01. The fourth-order valence-corrected chi connectivity index (χ4v) is 5.24. The normalized spacial score (nSPS) is 13.9. The predicted octanol–water partition coefficient (Wildman–Crippen LogP) is 5.49. The molecule has 0 atom stereocenters. The van der Waals surface area contributed by atoms with Gasteiger partial charge in [0.1, 0.15) is 11.4 Å². The van der Waals surface area contributed by atoms with E-state index >= 15 is 0 Å². The number of hydrogen-bond acceptors (Lipinski definition) is 4. The van der Waals surface area contributed by atoms with Crippen LogP contribution in [0.5, 0.6) is 0 Å². The first-order chi connectivity index (χ1) is 17.2. The molecule has 0 aliphatic carbocycles. The van der Waals surface area contributed by atoms with Crippen molar-refractivity contribution in [2.24, 2.45) is 0 Å². The van der Waals surface area contributed by atoms with Crippen molar-refractivity contribution < 1.29 is 4.42 Å². The van der Waals surface area contributed by atoms with Gasteiger partial charge in [0.05, 0.1) is 23.6 Å². The minimum Gasteiger partial charge on any atom is -0.464 e. The zero-order valence-electron chi connectivity index (χ0n) is 19.7. The van der Waals surface area contributed by atoms with E-state index in [9.17, 15) is 4.79 Å². The van der Waals surface area contributed by atoms with Gasteiger partial charge in [-0.15, -0.1) is 0 Å². The minimum absolute atomic E-state index is 0.0557. The number of fused-ring (bicyclic) bond motifs is 2. The molecule has 174 valence electrons. The van der Waals surface area contributed by atoms with E-state index in [-0.39, 0.29) is 11.6 Å². The number of furan rings is 1. The van der Waals surface area contributed by atoms with Crippen LogP contribution in [0.15, 0.2) is 100 Å². The molecule has 2 aromatic heterocycles. The number of benzene rings is 3. The number of aryl methyl sites for hydroxylation is 1. The van der Waals surface area contributed by atoms with Crippen LogP contribution in [0.3, 0.4) is 0 Å². The molecule has 0 saturated heterocycles. The van der Waals surface area contributed by atoms with Crippen LogP contribution < -0.4 is 5.56 Å². The van der Waals surface area contributed by atoms with Gasteiger partial charge in [-0.3, -0.25) is 14.3 Å². The van der Waals surface area contributed by atoms with Gasteiger partial charge in [-0.05, 0) is 41.8 Å². The van der Waals surface area contributed by atoms with Crippen molar-refractivity contribution in [3.8, 4) is 0 Å². The van der Waals surface area contributed by atoms with Crippen LogP contribution in [0, 0.1) is 6.92 Å².